The van der Waals surface area contributed by atoms with Crippen LogP contribution in [0.1, 0.15) is 53.4 Å². The Kier molecular flexibility index (Phi) is 19.4. The number of amides is 2. The number of phosphoric ester groups is 2. The molecular formula is C40H53N5O19P2V2-2. The van der Waals surface area contributed by atoms with Crippen molar-refractivity contribution in [2.75, 3.05) is 26.4 Å². The number of nitrogens with zero attached hydrogens (tertiary/aromatic N) is 3. The summed E-state index contributed by atoms with van der Waals surface area (Å²) in [5.74, 6) is -2.30. The van der Waals surface area contributed by atoms with Crippen molar-refractivity contribution in [1.82, 2.24) is 9.80 Å². The summed E-state index contributed by atoms with van der Waals surface area (Å²) in [4.78, 5) is 36.2. The third-order valence-corrected chi connectivity index (χ3v) is 13.2. The van der Waals surface area contributed by atoms with Crippen LogP contribution in [0, 0.1) is 23.3 Å². The van der Waals surface area contributed by atoms with Crippen LogP contribution in [0.3, 0.4) is 0 Å². The molecule has 6 fully saturated rings. The molecule has 8 aliphatic heterocycles. The molecule has 6 saturated heterocycles. The SMILES string of the molecule is CC1(C)OC2[C@H](O1)C(CO)O[C@H]2N1C=CCC(C(N)=O)=C1.CC1(C)OC2[C@H](O1)C(COP1(=O)O[CH-]CCO1)O[C@H]2N1C=CCC(C(N)=O)=C1.O=[N+]([O-])c1ccc(OP2(=O)O[CH-]CCO2)cc1.[V].[V]. The number of carbonyl (C=O) groups is 2. The van der Waals surface area contributed by atoms with E-state index < -0.39 is 80.8 Å². The van der Waals surface area contributed by atoms with E-state index in [9.17, 15) is 33.9 Å². The van der Waals surface area contributed by atoms with Crippen molar-refractivity contribution >= 4 is 33.1 Å². The van der Waals surface area contributed by atoms with Crippen molar-refractivity contribution in [3.8, 4) is 5.75 Å². The zero-order chi connectivity index (χ0) is 47.4. The summed E-state index contributed by atoms with van der Waals surface area (Å²) in [6.07, 6.45) is 8.99. The normalized spacial score (nSPS) is 34.0. The van der Waals surface area contributed by atoms with Crippen LogP contribution in [0.4, 0.5) is 5.69 Å². The van der Waals surface area contributed by atoms with E-state index in [4.69, 9.17) is 67.0 Å². The molecule has 6 unspecified atom stereocenters. The molecule has 24 nitrogen and oxygen atoms in total. The van der Waals surface area contributed by atoms with Crippen LogP contribution in [0.2, 0.25) is 0 Å². The summed E-state index contributed by atoms with van der Waals surface area (Å²) >= 11 is 0. The summed E-state index contributed by atoms with van der Waals surface area (Å²) < 4.78 is 90.1. The van der Waals surface area contributed by atoms with Crippen LogP contribution in [0.15, 0.2) is 72.4 Å². The fraction of sp³-hybridized carbons (Fsp3) is 0.550. The minimum atomic E-state index is -3.64. The number of nitro benzene ring substituents is 1. The van der Waals surface area contributed by atoms with E-state index in [1.54, 1.807) is 42.2 Å². The Morgan fingerprint density at radius 1 is 0.779 bits per heavy atom. The summed E-state index contributed by atoms with van der Waals surface area (Å²) in [5.41, 5.74) is 11.6. The Balaban J connectivity index is 0.000000194. The van der Waals surface area contributed by atoms with Gasteiger partial charge >= 0.3 is 15.6 Å². The van der Waals surface area contributed by atoms with E-state index in [-0.39, 0.29) is 87.2 Å². The number of hydrogen-bond donors (Lipinski definition) is 3. The van der Waals surface area contributed by atoms with Gasteiger partial charge in [-0.1, -0.05) is 12.2 Å². The zero-order valence-electron chi connectivity index (χ0n) is 37.3. The van der Waals surface area contributed by atoms with Gasteiger partial charge in [0, 0.05) is 98.4 Å². The van der Waals surface area contributed by atoms with Crippen LogP contribution >= 0.6 is 15.6 Å². The minimum Gasteiger partial charge on any atom is -0.464 e. The second-order valence-electron chi connectivity index (χ2n) is 16.4. The van der Waals surface area contributed by atoms with Crippen molar-refractivity contribution < 1.29 is 121 Å². The van der Waals surface area contributed by atoms with E-state index in [0.717, 1.165) is 0 Å². The number of allylic oxidation sites excluding steroid dienone is 2. The molecule has 2 amide bonds. The summed E-state index contributed by atoms with van der Waals surface area (Å²) in [5, 5.41) is 19.9. The molecule has 8 aliphatic rings. The Morgan fingerprint density at radius 3 is 1.68 bits per heavy atom. The summed E-state index contributed by atoms with van der Waals surface area (Å²) in [7, 11) is -7.24. The van der Waals surface area contributed by atoms with Gasteiger partial charge in [-0.2, -0.15) is 13.2 Å². The molecule has 5 N–H and O–H groups in total. The Morgan fingerprint density at radius 2 is 1.24 bits per heavy atom. The Labute approximate surface area is 415 Å². The van der Waals surface area contributed by atoms with E-state index >= 15 is 0 Å². The third kappa shape index (κ3) is 13.9. The largest absolute Gasteiger partial charge is 0.499 e. The average Bonchev–Trinajstić information content (AvgIpc) is 3.99. The first-order valence-corrected chi connectivity index (χ1v) is 23.8. The molecule has 0 saturated carbocycles. The van der Waals surface area contributed by atoms with E-state index in [2.05, 4.69) is 0 Å². The number of aliphatic hydroxyl groups excluding tert-OH is 1. The average molecular weight is 1070 g/mol. The van der Waals surface area contributed by atoms with Crippen molar-refractivity contribution in [2.24, 2.45) is 11.5 Å². The number of aliphatic hydroxyl groups is 1. The molecule has 0 aliphatic carbocycles. The van der Waals surface area contributed by atoms with Crippen LogP contribution < -0.4 is 16.0 Å². The number of primary amides is 2. The van der Waals surface area contributed by atoms with E-state index in [1.165, 1.54) is 37.5 Å². The molecule has 374 valence electrons. The quantitative estimate of drug-likeness (QED) is 0.122. The van der Waals surface area contributed by atoms with Crippen LogP contribution in [-0.4, -0.2) is 119 Å². The van der Waals surface area contributed by atoms with Gasteiger partial charge in [0.15, 0.2) is 24.0 Å². The monoisotopic (exact) mass is 1070 g/mol. The predicted molar refractivity (Wildman–Crippen MR) is 225 cm³/mol. The first kappa shape index (κ1) is 56.0. The molecule has 0 bridgehead atoms. The number of rotatable bonds is 11. The smallest absolute Gasteiger partial charge is 0.464 e. The molecule has 2 radical (unpaired) electrons. The fourth-order valence-corrected chi connectivity index (χ4v) is 9.99. The summed E-state index contributed by atoms with van der Waals surface area (Å²) in [6, 6.07) is 5.16. The number of carbonyl (C=O) groups excluding carboxylic acids is 2. The van der Waals surface area contributed by atoms with Crippen LogP contribution in [0.25, 0.3) is 0 Å². The maximum atomic E-state index is 12.4. The Bertz CT molecular complexity index is 2160. The number of nitrogens with two attached hydrogens (primary N) is 2. The van der Waals surface area contributed by atoms with Gasteiger partial charge in [0.1, 0.15) is 42.4 Å². The molecule has 9 rings (SSSR count). The molecule has 1 aromatic rings. The molecular weight excluding hydrogens is 1020 g/mol. The first-order chi connectivity index (χ1) is 31.3. The number of benzene rings is 1. The molecule has 0 spiro atoms. The topological polar surface area (TPSA) is 301 Å². The second kappa shape index (κ2) is 23.5. The molecule has 1 aromatic carbocycles. The van der Waals surface area contributed by atoms with Gasteiger partial charge in [0.05, 0.1) is 18.1 Å². The van der Waals surface area contributed by atoms with Crippen LogP contribution in [-0.2, 0) is 107 Å². The summed E-state index contributed by atoms with van der Waals surface area (Å²) in [6.45, 7) is 10.3. The first-order valence-electron chi connectivity index (χ1n) is 20.9. The Hall–Kier alpha value is -2.93. The van der Waals surface area contributed by atoms with Gasteiger partial charge in [0.2, 0.25) is 11.8 Å². The van der Waals surface area contributed by atoms with Gasteiger partial charge in [-0.25, -0.2) is 9.13 Å². The number of nitro groups is 1. The minimum absolute atomic E-state index is 0. The number of fused-ring (bicyclic) bond motifs is 2. The predicted octanol–water partition coefficient (Wildman–Crippen LogP) is 4.03. The molecule has 10 atom stereocenters. The number of non-ortho nitro benzene ring substituents is 1. The third-order valence-electron chi connectivity index (χ3n) is 10.5. The van der Waals surface area contributed by atoms with Crippen LogP contribution in [0.5, 0.6) is 5.75 Å². The molecule has 28 heteroatoms. The van der Waals surface area contributed by atoms with Crippen molar-refractivity contribution in [1.29, 1.82) is 0 Å². The zero-order valence-corrected chi connectivity index (χ0v) is 41.9. The van der Waals surface area contributed by atoms with Gasteiger partial charge in [-0.3, -0.25) is 33.3 Å². The van der Waals surface area contributed by atoms with Gasteiger partial charge in [-0.15, -0.1) is 12.8 Å². The van der Waals surface area contributed by atoms with Crippen molar-refractivity contribution in [2.45, 2.75) is 114 Å². The number of ether oxygens (including phenoxy) is 6. The molecule has 68 heavy (non-hydrogen) atoms. The number of phosphoric acid groups is 2. The van der Waals surface area contributed by atoms with Gasteiger partial charge in [0.25, 0.3) is 5.69 Å². The molecule has 8 heterocycles. The van der Waals surface area contributed by atoms with Gasteiger partial charge < -0.3 is 68.4 Å². The van der Waals surface area contributed by atoms with Crippen molar-refractivity contribution in [3.63, 3.8) is 0 Å². The maximum Gasteiger partial charge on any atom is 0.499 e. The molecule has 0 aromatic heterocycles. The maximum absolute atomic E-state index is 12.4. The van der Waals surface area contributed by atoms with Gasteiger partial charge in [-0.05, 0) is 52.7 Å². The fourth-order valence-electron chi connectivity index (χ4n) is 7.69. The number of hydrogen-bond acceptors (Lipinski definition) is 21. The second-order valence-corrected chi connectivity index (χ2v) is 19.5. The van der Waals surface area contributed by atoms with E-state index in [0.29, 0.717) is 36.8 Å². The standard InChI is InChI=1S/C17H24N2O8P.C14H20N2O5.C9H9NO6P.2V/c1-17(2)26-13-12(10-24-28(21)22-7-4-8-23-28)25-16(14(13)27-17)19-6-3-5-11(9-19)15(18)20;1-14(2)20-10-9(7-17)19-13(11(10)21-14)16-5-3-4-8(6-16)12(15)18;11-10(12)8-2-4-9(5-3-8)16-17(13)14-6-1-7-15-17;;/h3,6-7,9,12-14,16H,4-5,8,10H2,1-2H3,(H2,18,20);3,5-6,9-11,13,17H,4,7H2,1-2H3,(H2,15,18);2-6H,1,7H2;;/q-1;;-1;;/t12?,13-,14?,16-,28?;9?,10-,11?,13-;;;/m11.../s1. The van der Waals surface area contributed by atoms with Crippen molar-refractivity contribution in [3.05, 3.63) is 95.7 Å². The van der Waals surface area contributed by atoms with E-state index in [1.807, 2.05) is 32.2 Å².